The Labute approximate surface area is 200 Å². The number of phenolic OH excluding ortho intramolecular Hbond substituents is 2. The lowest BCUT2D eigenvalue weighted by Crippen LogP contribution is -2.35. The van der Waals surface area contributed by atoms with E-state index in [-0.39, 0.29) is 29.0 Å². The molecule has 3 aromatic carbocycles. The third-order valence-corrected chi connectivity index (χ3v) is 6.09. The van der Waals surface area contributed by atoms with Crippen LogP contribution >= 0.6 is 11.6 Å². The van der Waals surface area contributed by atoms with E-state index in [2.05, 4.69) is 5.16 Å². The quantitative estimate of drug-likeness (QED) is 0.412. The van der Waals surface area contributed by atoms with Crippen molar-refractivity contribution >= 4 is 17.5 Å². The third-order valence-electron chi connectivity index (χ3n) is 5.78. The number of halogens is 1. The van der Waals surface area contributed by atoms with E-state index in [1.54, 1.807) is 29.2 Å². The van der Waals surface area contributed by atoms with Gasteiger partial charge in [0, 0.05) is 30.2 Å². The highest BCUT2D eigenvalue weighted by Gasteiger charge is 2.29. The van der Waals surface area contributed by atoms with Gasteiger partial charge < -0.3 is 24.4 Å². The van der Waals surface area contributed by atoms with Gasteiger partial charge in [-0.15, -0.1) is 0 Å². The van der Waals surface area contributed by atoms with Gasteiger partial charge in [-0.05, 0) is 35.9 Å². The number of carbonyl (C=O) groups is 1. The summed E-state index contributed by atoms with van der Waals surface area (Å²) >= 11 is 6.02. The molecule has 0 fully saturated rings. The minimum atomic E-state index is -0.232. The zero-order valence-electron chi connectivity index (χ0n) is 18.1. The molecule has 4 aromatic rings. The van der Waals surface area contributed by atoms with Crippen LogP contribution in [0.1, 0.15) is 27.2 Å². The Hall–Kier alpha value is -3.97. The van der Waals surface area contributed by atoms with Crippen LogP contribution in [0.25, 0.3) is 11.3 Å². The molecule has 0 aliphatic carbocycles. The average Bonchev–Trinajstić information content (AvgIpc) is 3.28. The molecule has 1 aliphatic rings. The number of fused-ring (bicyclic) bond motifs is 1. The summed E-state index contributed by atoms with van der Waals surface area (Å²) in [5, 5.41) is 24.2. The summed E-state index contributed by atoms with van der Waals surface area (Å²) in [6, 6.07) is 19.5. The van der Waals surface area contributed by atoms with Gasteiger partial charge in [0.2, 0.25) is 0 Å². The minimum Gasteiger partial charge on any atom is -0.507 e. The monoisotopic (exact) mass is 476 g/mol. The van der Waals surface area contributed by atoms with Crippen LogP contribution in [0.15, 0.2) is 71.3 Å². The van der Waals surface area contributed by atoms with Gasteiger partial charge in [-0.3, -0.25) is 4.79 Å². The van der Waals surface area contributed by atoms with Crippen LogP contribution in [0.4, 0.5) is 0 Å². The van der Waals surface area contributed by atoms with Crippen molar-refractivity contribution in [2.75, 3.05) is 6.54 Å². The van der Waals surface area contributed by atoms with Gasteiger partial charge in [0.05, 0.1) is 22.8 Å². The van der Waals surface area contributed by atoms with Crippen molar-refractivity contribution in [2.24, 2.45) is 0 Å². The zero-order chi connectivity index (χ0) is 23.7. The van der Waals surface area contributed by atoms with E-state index in [1.165, 1.54) is 6.07 Å². The average molecular weight is 477 g/mol. The summed E-state index contributed by atoms with van der Waals surface area (Å²) in [7, 11) is 0. The molecule has 34 heavy (non-hydrogen) atoms. The first-order valence-corrected chi connectivity index (χ1v) is 11.1. The number of rotatable bonds is 5. The topological polar surface area (TPSA) is 96.0 Å². The number of benzene rings is 3. The molecule has 0 bridgehead atoms. The van der Waals surface area contributed by atoms with Crippen LogP contribution in [-0.4, -0.2) is 32.7 Å². The predicted molar refractivity (Wildman–Crippen MR) is 126 cm³/mol. The number of aromatic hydroxyl groups is 2. The molecule has 8 heteroatoms. The number of carbonyl (C=O) groups excluding carboxylic acids is 1. The maximum atomic E-state index is 13.2. The third kappa shape index (κ3) is 4.30. The van der Waals surface area contributed by atoms with E-state index in [1.807, 2.05) is 30.3 Å². The standard InChI is InChI=1S/C26H21ClN2O5/c27-21-12-19(23(30)13-24(21)31)25-20-14-29(11-10-22(20)28-34-25)26(32)17-6-8-18(9-7-17)33-15-16-4-2-1-3-5-16/h1-9,12-13,30-31H,10-11,14-15H2. The highest BCUT2D eigenvalue weighted by molar-refractivity contribution is 6.32. The Bertz CT molecular complexity index is 1340. The molecule has 0 saturated heterocycles. The molecular formula is C26H21ClN2O5. The van der Waals surface area contributed by atoms with Gasteiger partial charge in [0.15, 0.2) is 5.76 Å². The maximum absolute atomic E-state index is 13.2. The molecule has 0 atom stereocenters. The Kier molecular flexibility index (Phi) is 5.86. The lowest BCUT2D eigenvalue weighted by atomic mass is 10.00. The number of amides is 1. The van der Waals surface area contributed by atoms with Gasteiger partial charge in [-0.2, -0.15) is 0 Å². The Morgan fingerprint density at radius 1 is 1.06 bits per heavy atom. The second-order valence-corrected chi connectivity index (χ2v) is 8.44. The summed E-state index contributed by atoms with van der Waals surface area (Å²) in [5.74, 6) is 0.471. The number of nitrogens with zero attached hydrogens (tertiary/aromatic N) is 2. The fourth-order valence-electron chi connectivity index (χ4n) is 3.95. The van der Waals surface area contributed by atoms with Crippen LogP contribution in [0.5, 0.6) is 17.2 Å². The molecule has 1 amide bonds. The summed E-state index contributed by atoms with van der Waals surface area (Å²) in [4.78, 5) is 14.9. The summed E-state index contributed by atoms with van der Waals surface area (Å²) in [6.07, 6.45) is 0.523. The summed E-state index contributed by atoms with van der Waals surface area (Å²) < 4.78 is 11.3. The largest absolute Gasteiger partial charge is 0.507 e. The van der Waals surface area contributed by atoms with Crippen molar-refractivity contribution < 1.29 is 24.3 Å². The first kappa shape index (κ1) is 21.9. The highest BCUT2D eigenvalue weighted by Crippen LogP contribution is 2.40. The molecule has 2 heterocycles. The summed E-state index contributed by atoms with van der Waals surface area (Å²) in [5.41, 5.74) is 3.36. The van der Waals surface area contributed by atoms with Crippen molar-refractivity contribution in [2.45, 2.75) is 19.6 Å². The fourth-order valence-corrected chi connectivity index (χ4v) is 4.11. The molecule has 0 unspecified atom stereocenters. The predicted octanol–water partition coefficient (Wildman–Crippen LogP) is 5.18. The molecule has 7 nitrogen and oxygen atoms in total. The second kappa shape index (κ2) is 9.11. The Morgan fingerprint density at radius 2 is 1.82 bits per heavy atom. The van der Waals surface area contributed by atoms with Crippen LogP contribution in [0, 0.1) is 0 Å². The lowest BCUT2D eigenvalue weighted by molar-refractivity contribution is 0.0734. The number of phenols is 2. The first-order chi connectivity index (χ1) is 16.5. The molecule has 1 aliphatic heterocycles. The molecule has 0 radical (unpaired) electrons. The van der Waals surface area contributed by atoms with Crippen LogP contribution in [0.3, 0.4) is 0 Å². The van der Waals surface area contributed by atoms with Crippen LogP contribution < -0.4 is 4.74 Å². The smallest absolute Gasteiger partial charge is 0.254 e. The van der Waals surface area contributed by atoms with Gasteiger partial charge in [-0.25, -0.2) is 0 Å². The van der Waals surface area contributed by atoms with E-state index in [0.717, 1.165) is 17.3 Å². The Morgan fingerprint density at radius 3 is 2.59 bits per heavy atom. The number of hydrogen-bond acceptors (Lipinski definition) is 6. The minimum absolute atomic E-state index is 0.0799. The zero-order valence-corrected chi connectivity index (χ0v) is 18.8. The first-order valence-electron chi connectivity index (χ1n) is 10.7. The number of ether oxygens (including phenoxy) is 1. The second-order valence-electron chi connectivity index (χ2n) is 8.03. The van der Waals surface area contributed by atoms with E-state index in [4.69, 9.17) is 20.9 Å². The van der Waals surface area contributed by atoms with Crippen molar-refractivity contribution in [3.8, 4) is 28.6 Å². The van der Waals surface area contributed by atoms with Gasteiger partial charge in [-0.1, -0.05) is 47.1 Å². The molecule has 0 spiro atoms. The Balaban J connectivity index is 1.31. The normalized spacial score (nSPS) is 12.9. The molecular weight excluding hydrogens is 456 g/mol. The molecule has 2 N–H and O–H groups in total. The SMILES string of the molecule is O=C(c1ccc(OCc2ccccc2)cc1)N1CCc2noc(-c3cc(Cl)c(O)cc3O)c2C1. The van der Waals surface area contributed by atoms with E-state index in [9.17, 15) is 15.0 Å². The van der Waals surface area contributed by atoms with Crippen molar-refractivity contribution in [3.63, 3.8) is 0 Å². The molecule has 5 rings (SSSR count). The van der Waals surface area contributed by atoms with Gasteiger partial charge in [0.25, 0.3) is 5.91 Å². The highest BCUT2D eigenvalue weighted by atomic mass is 35.5. The van der Waals surface area contributed by atoms with Crippen molar-refractivity contribution in [1.29, 1.82) is 0 Å². The molecule has 1 aromatic heterocycles. The van der Waals surface area contributed by atoms with Gasteiger partial charge >= 0.3 is 0 Å². The fraction of sp³-hybridized carbons (Fsp3) is 0.154. The molecule has 0 saturated carbocycles. The van der Waals surface area contributed by atoms with Crippen molar-refractivity contribution in [3.05, 3.63) is 94.1 Å². The van der Waals surface area contributed by atoms with Crippen LogP contribution in [0.2, 0.25) is 5.02 Å². The number of aromatic nitrogens is 1. The molecule has 172 valence electrons. The van der Waals surface area contributed by atoms with Gasteiger partial charge in [0.1, 0.15) is 23.9 Å². The van der Waals surface area contributed by atoms with E-state index in [0.29, 0.717) is 47.8 Å². The van der Waals surface area contributed by atoms with Crippen molar-refractivity contribution in [1.82, 2.24) is 10.1 Å². The lowest BCUT2D eigenvalue weighted by Gasteiger charge is -2.26. The number of hydrogen-bond donors (Lipinski definition) is 2. The maximum Gasteiger partial charge on any atom is 0.254 e. The van der Waals surface area contributed by atoms with Crippen LogP contribution in [-0.2, 0) is 19.6 Å². The van der Waals surface area contributed by atoms with E-state index < -0.39 is 0 Å². The van der Waals surface area contributed by atoms with E-state index >= 15 is 0 Å². The summed E-state index contributed by atoms with van der Waals surface area (Å²) in [6.45, 7) is 1.22.